The lowest BCUT2D eigenvalue weighted by atomic mass is 10.1. The number of sulfone groups is 1. The van der Waals surface area contributed by atoms with Gasteiger partial charge in [0.25, 0.3) is 5.91 Å². The van der Waals surface area contributed by atoms with E-state index in [0.29, 0.717) is 49.7 Å². The molecule has 1 amide bonds. The highest BCUT2D eigenvalue weighted by atomic mass is 32.2. The molecular weight excluding hydrogens is 401 g/mol. The van der Waals surface area contributed by atoms with E-state index < -0.39 is 9.84 Å². The van der Waals surface area contributed by atoms with Gasteiger partial charge in [-0.05, 0) is 24.6 Å². The number of benzene rings is 1. The lowest BCUT2D eigenvalue weighted by molar-refractivity contribution is 0.0648. The molecule has 0 unspecified atom stereocenters. The van der Waals surface area contributed by atoms with Gasteiger partial charge in [-0.2, -0.15) is 0 Å². The Labute approximate surface area is 168 Å². The van der Waals surface area contributed by atoms with Gasteiger partial charge < -0.3 is 4.90 Å². The second kappa shape index (κ2) is 8.67. The number of piperazine rings is 1. The van der Waals surface area contributed by atoms with Crippen molar-refractivity contribution in [2.45, 2.75) is 13.3 Å². The van der Waals surface area contributed by atoms with Gasteiger partial charge in [0.15, 0.2) is 0 Å². The first-order valence-corrected chi connectivity index (χ1v) is 12.0. The van der Waals surface area contributed by atoms with Crippen LogP contribution in [0.25, 0.3) is 0 Å². The number of carbonyl (C=O) groups excluding carboxylic acids is 1. The van der Waals surface area contributed by atoms with Crippen LogP contribution in [0.2, 0.25) is 0 Å². The lowest BCUT2D eigenvalue weighted by Gasteiger charge is -2.34. The maximum atomic E-state index is 13.0. The van der Waals surface area contributed by atoms with Crippen LogP contribution in [0.5, 0.6) is 0 Å². The second-order valence-electron chi connectivity index (χ2n) is 7.09. The minimum atomic E-state index is -2.98. The van der Waals surface area contributed by atoms with Crippen molar-refractivity contribution >= 4 is 27.1 Å². The van der Waals surface area contributed by atoms with Crippen LogP contribution in [-0.2, 0) is 16.3 Å². The Hall–Kier alpha value is -1.84. The predicted octanol–water partition coefficient (Wildman–Crippen LogP) is 1.98. The number of thiazole rings is 1. The van der Waals surface area contributed by atoms with E-state index in [-0.39, 0.29) is 17.5 Å². The van der Waals surface area contributed by atoms with Gasteiger partial charge in [-0.15, -0.1) is 11.3 Å². The molecule has 28 heavy (non-hydrogen) atoms. The number of hydrogen-bond donors (Lipinski definition) is 0. The molecule has 0 aliphatic carbocycles. The van der Waals surface area contributed by atoms with E-state index in [4.69, 9.17) is 0 Å². The largest absolute Gasteiger partial charge is 0.335 e. The molecule has 9 heteroatoms. The second-order valence-corrected chi connectivity index (χ2v) is 10.4. The molecule has 6 nitrogen and oxygen atoms in total. The fourth-order valence-electron chi connectivity index (χ4n) is 3.12. The van der Waals surface area contributed by atoms with Crippen molar-refractivity contribution in [2.24, 2.45) is 0 Å². The monoisotopic (exact) mass is 425 g/mol. The van der Waals surface area contributed by atoms with Crippen LogP contribution >= 0.6 is 11.3 Å². The summed E-state index contributed by atoms with van der Waals surface area (Å²) in [5, 5.41) is 0.833. The molecule has 1 fully saturated rings. The van der Waals surface area contributed by atoms with E-state index in [0.717, 1.165) is 10.6 Å². The molecule has 1 aliphatic rings. The van der Waals surface area contributed by atoms with E-state index in [1.165, 1.54) is 29.7 Å². The standard InChI is InChI=1S/C19H24FN3O3S2/c1-14-18(27-17(21-14)13-15-3-5-16(20)6-4-15)19(24)23-9-7-22(8-10-23)11-12-28(2,25)26/h3-6H,7-13H2,1-2H3. The third-order valence-electron chi connectivity index (χ3n) is 4.74. The number of aryl methyl sites for hydroxylation is 1. The summed E-state index contributed by atoms with van der Waals surface area (Å²) in [5.74, 6) is -0.157. The SMILES string of the molecule is Cc1nc(Cc2ccc(F)cc2)sc1C(=O)N1CCN(CCS(C)(=O)=O)CC1. The Morgan fingerprint density at radius 2 is 1.82 bits per heavy atom. The summed E-state index contributed by atoms with van der Waals surface area (Å²) in [6.45, 7) is 4.83. The molecule has 0 bridgehead atoms. The van der Waals surface area contributed by atoms with Crippen molar-refractivity contribution in [3.8, 4) is 0 Å². The van der Waals surface area contributed by atoms with Crippen molar-refractivity contribution < 1.29 is 17.6 Å². The van der Waals surface area contributed by atoms with Gasteiger partial charge in [-0.25, -0.2) is 17.8 Å². The number of halogens is 1. The summed E-state index contributed by atoms with van der Waals surface area (Å²) in [4.78, 5) is 21.9. The molecule has 1 aromatic heterocycles. The first-order chi connectivity index (χ1) is 13.2. The zero-order valence-corrected chi connectivity index (χ0v) is 17.7. The number of hydrogen-bond acceptors (Lipinski definition) is 6. The molecular formula is C19H24FN3O3S2. The normalized spacial score (nSPS) is 15.8. The van der Waals surface area contributed by atoms with E-state index in [2.05, 4.69) is 9.88 Å². The molecule has 0 atom stereocenters. The van der Waals surface area contributed by atoms with Crippen LogP contribution in [0, 0.1) is 12.7 Å². The summed E-state index contributed by atoms with van der Waals surface area (Å²) in [5.41, 5.74) is 1.67. The van der Waals surface area contributed by atoms with Crippen molar-refractivity contribution in [1.29, 1.82) is 0 Å². The third-order valence-corrected chi connectivity index (χ3v) is 6.81. The van der Waals surface area contributed by atoms with Gasteiger partial charge in [0.1, 0.15) is 20.5 Å². The zero-order valence-electron chi connectivity index (χ0n) is 16.0. The minimum absolute atomic E-state index is 0.0249. The molecule has 1 saturated heterocycles. The van der Waals surface area contributed by atoms with Crippen LogP contribution < -0.4 is 0 Å². The minimum Gasteiger partial charge on any atom is -0.335 e. The average Bonchev–Trinajstić information content (AvgIpc) is 3.01. The van der Waals surface area contributed by atoms with E-state index in [1.54, 1.807) is 17.0 Å². The Balaban J connectivity index is 1.59. The highest BCUT2D eigenvalue weighted by Crippen LogP contribution is 2.23. The number of nitrogens with zero attached hydrogens (tertiary/aromatic N) is 3. The first-order valence-electron chi connectivity index (χ1n) is 9.11. The fourth-order valence-corrected chi connectivity index (χ4v) is 4.77. The van der Waals surface area contributed by atoms with Gasteiger partial charge in [-0.3, -0.25) is 9.69 Å². The number of amides is 1. The van der Waals surface area contributed by atoms with Crippen LogP contribution in [0.15, 0.2) is 24.3 Å². The quantitative estimate of drug-likeness (QED) is 0.708. The maximum Gasteiger partial charge on any atom is 0.265 e. The molecule has 1 aliphatic heterocycles. The van der Waals surface area contributed by atoms with E-state index in [1.807, 2.05) is 6.92 Å². The van der Waals surface area contributed by atoms with Crippen molar-refractivity contribution in [2.75, 3.05) is 44.7 Å². The summed E-state index contributed by atoms with van der Waals surface area (Å²) < 4.78 is 35.7. The van der Waals surface area contributed by atoms with Gasteiger partial charge in [0.2, 0.25) is 0 Å². The zero-order chi connectivity index (χ0) is 20.3. The highest BCUT2D eigenvalue weighted by molar-refractivity contribution is 7.90. The maximum absolute atomic E-state index is 13.0. The third kappa shape index (κ3) is 5.59. The van der Waals surface area contributed by atoms with Crippen LogP contribution in [0.1, 0.15) is 25.9 Å². The van der Waals surface area contributed by atoms with Crippen LogP contribution in [0.3, 0.4) is 0 Å². The van der Waals surface area contributed by atoms with Crippen molar-refractivity contribution in [3.63, 3.8) is 0 Å². The molecule has 0 saturated carbocycles. The van der Waals surface area contributed by atoms with E-state index in [9.17, 15) is 17.6 Å². The fraction of sp³-hybridized carbons (Fsp3) is 0.474. The number of carbonyl (C=O) groups is 1. The summed E-state index contributed by atoms with van der Waals surface area (Å²) in [7, 11) is -2.98. The Kier molecular flexibility index (Phi) is 6.47. The summed E-state index contributed by atoms with van der Waals surface area (Å²) in [6, 6.07) is 6.29. The first kappa shape index (κ1) is 20.9. The van der Waals surface area contributed by atoms with Gasteiger partial charge in [0.05, 0.1) is 16.5 Å². The highest BCUT2D eigenvalue weighted by Gasteiger charge is 2.25. The Morgan fingerprint density at radius 1 is 1.18 bits per heavy atom. The molecule has 1 aromatic carbocycles. The molecule has 152 valence electrons. The summed E-state index contributed by atoms with van der Waals surface area (Å²) >= 11 is 1.39. The van der Waals surface area contributed by atoms with Crippen LogP contribution in [-0.4, -0.2) is 73.8 Å². The Bertz CT molecular complexity index is 934. The molecule has 0 radical (unpaired) electrons. The molecule has 0 spiro atoms. The van der Waals surface area contributed by atoms with Gasteiger partial charge >= 0.3 is 0 Å². The number of rotatable bonds is 6. The Morgan fingerprint density at radius 3 is 2.43 bits per heavy atom. The van der Waals surface area contributed by atoms with Crippen LogP contribution in [0.4, 0.5) is 4.39 Å². The van der Waals surface area contributed by atoms with Crippen molar-refractivity contribution in [3.05, 3.63) is 51.2 Å². The van der Waals surface area contributed by atoms with Gasteiger partial charge in [0, 0.05) is 45.4 Å². The smallest absolute Gasteiger partial charge is 0.265 e. The molecule has 2 heterocycles. The molecule has 2 aromatic rings. The van der Waals surface area contributed by atoms with Gasteiger partial charge in [-0.1, -0.05) is 12.1 Å². The topological polar surface area (TPSA) is 70.6 Å². The summed E-state index contributed by atoms with van der Waals surface area (Å²) in [6.07, 6.45) is 1.81. The molecule has 3 rings (SSSR count). The average molecular weight is 426 g/mol. The van der Waals surface area contributed by atoms with Crippen molar-refractivity contribution in [1.82, 2.24) is 14.8 Å². The molecule has 0 N–H and O–H groups in total. The number of aromatic nitrogens is 1. The van der Waals surface area contributed by atoms with E-state index >= 15 is 0 Å². The predicted molar refractivity (Wildman–Crippen MR) is 108 cm³/mol. The lowest BCUT2D eigenvalue weighted by Crippen LogP contribution is -2.49.